The summed E-state index contributed by atoms with van der Waals surface area (Å²) in [5, 5.41) is 8.47. The lowest BCUT2D eigenvalue weighted by Crippen LogP contribution is -2.13. The summed E-state index contributed by atoms with van der Waals surface area (Å²) in [7, 11) is -3.98. The lowest BCUT2D eigenvalue weighted by Gasteiger charge is -2.07. The largest absolute Gasteiger partial charge is 0.453 e. The molecule has 2 aromatic heterocycles. The van der Waals surface area contributed by atoms with Gasteiger partial charge in [0.2, 0.25) is 10.0 Å². The molecule has 0 saturated carbocycles. The Kier molecular flexibility index (Phi) is 4.58. The Hall–Kier alpha value is -2.31. The zero-order valence-electron chi connectivity index (χ0n) is 12.6. The van der Waals surface area contributed by atoms with Crippen LogP contribution in [0.5, 0.6) is 0 Å². The highest BCUT2D eigenvalue weighted by Gasteiger charge is 2.37. The number of hydrogen-bond acceptors (Lipinski definition) is 5. The van der Waals surface area contributed by atoms with Crippen LogP contribution in [0.15, 0.2) is 52.0 Å². The molecule has 0 spiro atoms. The van der Waals surface area contributed by atoms with E-state index in [2.05, 4.69) is 31.0 Å². The highest BCUT2D eigenvalue weighted by Crippen LogP contribution is 2.32. The summed E-state index contributed by atoms with van der Waals surface area (Å²) in [6, 6.07) is 8.83. The van der Waals surface area contributed by atoms with Crippen molar-refractivity contribution in [1.29, 1.82) is 0 Å². The Balaban J connectivity index is 2.20. The molecule has 2 heterocycles. The second kappa shape index (κ2) is 6.45. The lowest BCUT2D eigenvalue weighted by molar-refractivity contribution is -0.144. The molecule has 0 radical (unpaired) electrons. The predicted molar refractivity (Wildman–Crippen MR) is 88.7 cm³/mol. The van der Waals surface area contributed by atoms with E-state index in [9.17, 15) is 21.6 Å². The highest BCUT2D eigenvalue weighted by atomic mass is 79.9. The number of sulfonamides is 1. The number of pyridine rings is 1. The van der Waals surface area contributed by atoms with Crippen LogP contribution in [0.4, 0.5) is 13.2 Å². The molecular weight excluding hydrogens is 439 g/mol. The quantitative estimate of drug-likeness (QED) is 0.664. The third kappa shape index (κ3) is 3.61. The molecule has 0 aliphatic heterocycles. The van der Waals surface area contributed by atoms with Gasteiger partial charge in [-0.2, -0.15) is 17.9 Å². The zero-order valence-corrected chi connectivity index (χ0v) is 15.0. The number of alkyl halides is 3. The van der Waals surface area contributed by atoms with Gasteiger partial charge in [-0.1, -0.05) is 34.1 Å². The number of primary sulfonamides is 1. The number of aromatic nitrogens is 4. The van der Waals surface area contributed by atoms with E-state index >= 15 is 0 Å². The zero-order chi connectivity index (χ0) is 19.1. The summed E-state index contributed by atoms with van der Waals surface area (Å²) in [5.74, 6) is -1.51. The standard InChI is InChI=1S/C14H9BrF3N5O2S/c15-10-4-2-1-3-9(10)12-21-13(14(16,17)18)22-23(12)11-6-5-8(7-20-11)26(19,24)25/h1-7H,(H2,19,24,25). The summed E-state index contributed by atoms with van der Waals surface area (Å²) in [6.45, 7) is 0. The van der Waals surface area contributed by atoms with Crippen molar-refractivity contribution in [2.45, 2.75) is 11.1 Å². The van der Waals surface area contributed by atoms with Gasteiger partial charge in [-0.25, -0.2) is 23.5 Å². The monoisotopic (exact) mass is 447 g/mol. The molecule has 1 aromatic carbocycles. The van der Waals surface area contributed by atoms with Crippen LogP contribution in [0.3, 0.4) is 0 Å². The van der Waals surface area contributed by atoms with Crippen LogP contribution in [-0.4, -0.2) is 28.2 Å². The van der Waals surface area contributed by atoms with Gasteiger partial charge in [0.15, 0.2) is 11.6 Å². The minimum absolute atomic E-state index is 0.0499. The third-order valence-electron chi connectivity index (χ3n) is 3.24. The van der Waals surface area contributed by atoms with Crippen LogP contribution < -0.4 is 5.14 Å². The van der Waals surface area contributed by atoms with Crippen molar-refractivity contribution in [2.75, 3.05) is 0 Å². The average molecular weight is 448 g/mol. The summed E-state index contributed by atoms with van der Waals surface area (Å²) in [6.07, 6.45) is -3.83. The number of rotatable bonds is 3. The number of nitrogens with two attached hydrogens (primary N) is 1. The molecule has 0 fully saturated rings. The molecule has 3 aromatic rings. The SMILES string of the molecule is NS(=O)(=O)c1ccc(-n2nc(C(F)(F)F)nc2-c2ccccc2Br)nc1. The van der Waals surface area contributed by atoms with Crippen LogP contribution in [-0.2, 0) is 16.2 Å². The van der Waals surface area contributed by atoms with Gasteiger partial charge in [0, 0.05) is 16.2 Å². The van der Waals surface area contributed by atoms with E-state index in [-0.39, 0.29) is 16.5 Å². The molecule has 12 heteroatoms. The maximum Gasteiger partial charge on any atom is 0.453 e. The van der Waals surface area contributed by atoms with E-state index in [0.29, 0.717) is 10.0 Å². The van der Waals surface area contributed by atoms with Gasteiger partial charge in [-0.05, 0) is 18.2 Å². The van der Waals surface area contributed by atoms with Crippen molar-refractivity contribution in [3.05, 3.63) is 52.9 Å². The van der Waals surface area contributed by atoms with Crippen LogP contribution in [0.25, 0.3) is 17.2 Å². The number of benzene rings is 1. The van der Waals surface area contributed by atoms with Crippen molar-refractivity contribution < 1.29 is 21.6 Å². The Morgan fingerprint density at radius 1 is 1.12 bits per heavy atom. The molecule has 0 aliphatic carbocycles. The van der Waals surface area contributed by atoms with E-state index in [0.717, 1.165) is 16.9 Å². The van der Waals surface area contributed by atoms with Crippen molar-refractivity contribution in [2.24, 2.45) is 5.14 Å². The number of nitrogens with zero attached hydrogens (tertiary/aromatic N) is 4. The molecule has 136 valence electrons. The average Bonchev–Trinajstić information content (AvgIpc) is 3.00. The first-order chi connectivity index (χ1) is 12.1. The molecule has 26 heavy (non-hydrogen) atoms. The highest BCUT2D eigenvalue weighted by molar-refractivity contribution is 9.10. The Morgan fingerprint density at radius 2 is 1.81 bits per heavy atom. The second-order valence-electron chi connectivity index (χ2n) is 5.05. The predicted octanol–water partition coefficient (Wildman–Crippen LogP) is 2.76. The van der Waals surface area contributed by atoms with Crippen LogP contribution in [0.1, 0.15) is 5.82 Å². The van der Waals surface area contributed by atoms with Gasteiger partial charge < -0.3 is 0 Å². The van der Waals surface area contributed by atoms with E-state index in [1.54, 1.807) is 24.3 Å². The van der Waals surface area contributed by atoms with Gasteiger partial charge in [0.05, 0.1) is 0 Å². The first-order valence-electron chi connectivity index (χ1n) is 6.86. The molecule has 0 bridgehead atoms. The van der Waals surface area contributed by atoms with Gasteiger partial charge in [0.1, 0.15) is 4.90 Å². The van der Waals surface area contributed by atoms with Crippen molar-refractivity contribution in [1.82, 2.24) is 19.7 Å². The Bertz CT molecular complexity index is 1060. The molecule has 7 nitrogen and oxygen atoms in total. The molecule has 0 amide bonds. The number of halogens is 4. The summed E-state index contributed by atoms with van der Waals surface area (Å²) < 4.78 is 63.2. The van der Waals surface area contributed by atoms with Gasteiger partial charge in [-0.15, -0.1) is 5.10 Å². The molecule has 0 aliphatic rings. The van der Waals surface area contributed by atoms with E-state index in [1.807, 2.05) is 0 Å². The summed E-state index contributed by atoms with van der Waals surface area (Å²) in [5.41, 5.74) is 0.354. The maximum absolute atomic E-state index is 13.1. The van der Waals surface area contributed by atoms with Crippen molar-refractivity contribution in [3.63, 3.8) is 0 Å². The first-order valence-corrected chi connectivity index (χ1v) is 9.19. The van der Waals surface area contributed by atoms with Crippen LogP contribution in [0, 0.1) is 0 Å². The molecular formula is C14H9BrF3N5O2S. The van der Waals surface area contributed by atoms with Gasteiger partial charge in [-0.3, -0.25) is 0 Å². The fourth-order valence-corrected chi connectivity index (χ4v) is 2.99. The third-order valence-corrected chi connectivity index (χ3v) is 4.83. The number of hydrogen-bond donors (Lipinski definition) is 1. The smallest absolute Gasteiger partial charge is 0.236 e. The van der Waals surface area contributed by atoms with E-state index in [4.69, 9.17) is 5.14 Å². The topological polar surface area (TPSA) is 104 Å². The molecule has 0 atom stereocenters. The Labute approximate surface area is 153 Å². The van der Waals surface area contributed by atoms with E-state index < -0.39 is 22.0 Å². The fourth-order valence-electron chi connectivity index (χ4n) is 2.07. The van der Waals surface area contributed by atoms with E-state index in [1.165, 1.54) is 6.07 Å². The lowest BCUT2D eigenvalue weighted by atomic mass is 10.2. The van der Waals surface area contributed by atoms with Crippen molar-refractivity contribution >= 4 is 26.0 Å². The molecule has 0 unspecified atom stereocenters. The normalized spacial score (nSPS) is 12.3. The van der Waals surface area contributed by atoms with Gasteiger partial charge in [0.25, 0.3) is 5.82 Å². The molecule has 3 rings (SSSR count). The first kappa shape index (κ1) is 18.5. The van der Waals surface area contributed by atoms with Gasteiger partial charge >= 0.3 is 6.18 Å². The Morgan fingerprint density at radius 3 is 2.35 bits per heavy atom. The van der Waals surface area contributed by atoms with Crippen molar-refractivity contribution in [3.8, 4) is 17.2 Å². The maximum atomic E-state index is 13.1. The summed E-state index contributed by atoms with van der Waals surface area (Å²) >= 11 is 3.26. The molecule has 2 N–H and O–H groups in total. The minimum Gasteiger partial charge on any atom is -0.236 e. The minimum atomic E-state index is -4.76. The second-order valence-corrected chi connectivity index (χ2v) is 7.46. The summed E-state index contributed by atoms with van der Waals surface area (Å²) in [4.78, 5) is 7.14. The van der Waals surface area contributed by atoms with Crippen LogP contribution >= 0.6 is 15.9 Å². The molecule has 0 saturated heterocycles. The van der Waals surface area contributed by atoms with Crippen LogP contribution in [0.2, 0.25) is 0 Å². The fraction of sp³-hybridized carbons (Fsp3) is 0.0714.